The molecule has 0 bridgehead atoms. The molecule has 0 aromatic heterocycles. The predicted molar refractivity (Wildman–Crippen MR) is 112 cm³/mol. The van der Waals surface area contributed by atoms with Crippen LogP contribution >= 0.6 is 11.8 Å². The number of benzene rings is 3. The number of anilines is 1. The van der Waals surface area contributed by atoms with E-state index in [9.17, 15) is 9.18 Å². The van der Waals surface area contributed by atoms with Crippen LogP contribution in [0.25, 0.3) is 0 Å². The molecule has 0 aliphatic carbocycles. The highest BCUT2D eigenvalue weighted by molar-refractivity contribution is 7.99. The molecule has 2 atom stereocenters. The van der Waals surface area contributed by atoms with Crippen molar-refractivity contribution in [3.63, 3.8) is 0 Å². The van der Waals surface area contributed by atoms with Crippen molar-refractivity contribution in [2.45, 2.75) is 23.4 Å². The lowest BCUT2D eigenvalue weighted by atomic mass is 9.99. The van der Waals surface area contributed by atoms with Crippen molar-refractivity contribution >= 4 is 23.4 Å². The van der Waals surface area contributed by atoms with E-state index >= 15 is 0 Å². The summed E-state index contributed by atoms with van der Waals surface area (Å²) in [5, 5.41) is 6.47. The number of hydrogen-bond acceptors (Lipinski definition) is 3. The monoisotopic (exact) mass is 392 g/mol. The lowest BCUT2D eigenvalue weighted by Gasteiger charge is -2.30. The highest BCUT2D eigenvalue weighted by Crippen LogP contribution is 2.37. The van der Waals surface area contributed by atoms with Gasteiger partial charge in [0.15, 0.2) is 0 Å². The first-order valence-corrected chi connectivity index (χ1v) is 10.3. The Hall–Kier alpha value is -2.63. The SMILES string of the molecule is O=C(Nc1ccc(F)cc1)[C@H](N[C@H]1CCSc2ccccc21)c1ccccc1. The summed E-state index contributed by atoms with van der Waals surface area (Å²) in [6, 6.07) is 23.5. The molecule has 142 valence electrons. The summed E-state index contributed by atoms with van der Waals surface area (Å²) in [5.41, 5.74) is 2.71. The van der Waals surface area contributed by atoms with Crippen molar-refractivity contribution in [2.24, 2.45) is 0 Å². The van der Waals surface area contributed by atoms with Crippen LogP contribution in [0.3, 0.4) is 0 Å². The Balaban J connectivity index is 1.60. The molecule has 0 saturated heterocycles. The van der Waals surface area contributed by atoms with Gasteiger partial charge in [-0.25, -0.2) is 4.39 Å². The predicted octanol–water partition coefficient (Wildman–Crippen LogP) is 5.33. The van der Waals surface area contributed by atoms with E-state index in [0.29, 0.717) is 5.69 Å². The van der Waals surface area contributed by atoms with Gasteiger partial charge in [-0.1, -0.05) is 48.5 Å². The number of hydrogen-bond donors (Lipinski definition) is 2. The summed E-state index contributed by atoms with van der Waals surface area (Å²) >= 11 is 1.85. The molecule has 1 amide bonds. The Labute approximate surface area is 168 Å². The number of amides is 1. The Morgan fingerprint density at radius 3 is 2.46 bits per heavy atom. The van der Waals surface area contributed by atoms with Gasteiger partial charge in [0.1, 0.15) is 11.9 Å². The van der Waals surface area contributed by atoms with E-state index in [1.807, 2.05) is 54.2 Å². The lowest BCUT2D eigenvalue weighted by molar-refractivity contribution is -0.118. The van der Waals surface area contributed by atoms with Crippen molar-refractivity contribution in [3.05, 3.63) is 95.8 Å². The second-order valence-corrected chi connectivity index (χ2v) is 7.87. The molecular formula is C23H21FN2OS. The van der Waals surface area contributed by atoms with E-state index in [-0.39, 0.29) is 17.8 Å². The molecule has 3 nitrogen and oxygen atoms in total. The maximum Gasteiger partial charge on any atom is 0.246 e. The van der Waals surface area contributed by atoms with Crippen LogP contribution in [0.1, 0.15) is 29.6 Å². The molecule has 4 rings (SSSR count). The molecule has 0 unspecified atom stereocenters. The summed E-state index contributed by atoms with van der Waals surface area (Å²) in [7, 11) is 0. The summed E-state index contributed by atoms with van der Waals surface area (Å²) in [6.45, 7) is 0. The molecule has 1 heterocycles. The average Bonchev–Trinajstić information content (AvgIpc) is 2.74. The van der Waals surface area contributed by atoms with Crippen LogP contribution in [0.5, 0.6) is 0 Å². The summed E-state index contributed by atoms with van der Waals surface area (Å²) in [6.07, 6.45) is 0.953. The van der Waals surface area contributed by atoms with E-state index < -0.39 is 6.04 Å². The number of rotatable bonds is 5. The van der Waals surface area contributed by atoms with Crippen molar-refractivity contribution in [3.8, 4) is 0 Å². The number of nitrogens with one attached hydrogen (secondary N) is 2. The normalized spacial score (nSPS) is 16.8. The second-order valence-electron chi connectivity index (χ2n) is 6.73. The van der Waals surface area contributed by atoms with Gasteiger partial charge < -0.3 is 5.32 Å². The van der Waals surface area contributed by atoms with Crippen molar-refractivity contribution in [1.29, 1.82) is 0 Å². The van der Waals surface area contributed by atoms with Crippen LogP contribution in [0.15, 0.2) is 83.8 Å². The number of halogens is 1. The Morgan fingerprint density at radius 1 is 0.964 bits per heavy atom. The van der Waals surface area contributed by atoms with Gasteiger partial charge in [0.05, 0.1) is 0 Å². The third-order valence-electron chi connectivity index (χ3n) is 4.83. The zero-order valence-electron chi connectivity index (χ0n) is 15.3. The topological polar surface area (TPSA) is 41.1 Å². The minimum absolute atomic E-state index is 0.0987. The fourth-order valence-corrected chi connectivity index (χ4v) is 4.56. The van der Waals surface area contributed by atoms with Crippen molar-refractivity contribution < 1.29 is 9.18 Å². The first-order chi connectivity index (χ1) is 13.7. The summed E-state index contributed by atoms with van der Waals surface area (Å²) in [4.78, 5) is 14.4. The molecule has 1 aliphatic rings. The number of fused-ring (bicyclic) bond motifs is 1. The second kappa shape index (κ2) is 8.59. The molecule has 2 N–H and O–H groups in total. The van der Waals surface area contributed by atoms with Gasteiger partial charge in [-0.15, -0.1) is 11.8 Å². The Morgan fingerprint density at radius 2 is 1.68 bits per heavy atom. The van der Waals surface area contributed by atoms with E-state index in [1.54, 1.807) is 12.1 Å². The molecule has 0 saturated carbocycles. The minimum atomic E-state index is -0.507. The Kier molecular flexibility index (Phi) is 5.74. The smallest absolute Gasteiger partial charge is 0.246 e. The fraction of sp³-hybridized carbons (Fsp3) is 0.174. The van der Waals surface area contributed by atoms with Gasteiger partial charge in [0.25, 0.3) is 0 Å². The summed E-state index contributed by atoms with van der Waals surface area (Å²) in [5.74, 6) is 0.524. The average molecular weight is 392 g/mol. The zero-order chi connectivity index (χ0) is 19.3. The lowest BCUT2D eigenvalue weighted by Crippen LogP contribution is -2.36. The standard InChI is InChI=1S/C23H21FN2OS/c24-17-10-12-18(13-11-17)25-23(27)22(16-6-2-1-3-7-16)26-20-14-15-28-21-9-5-4-8-19(20)21/h1-13,20,22,26H,14-15H2,(H,25,27)/t20-,22+/m0/s1. The molecule has 3 aromatic rings. The molecular weight excluding hydrogens is 371 g/mol. The van der Waals surface area contributed by atoms with Gasteiger partial charge in [0, 0.05) is 16.6 Å². The van der Waals surface area contributed by atoms with Gasteiger partial charge in [-0.2, -0.15) is 0 Å². The largest absolute Gasteiger partial charge is 0.324 e. The van der Waals surface area contributed by atoms with Gasteiger partial charge in [0.2, 0.25) is 5.91 Å². The molecule has 3 aromatic carbocycles. The van der Waals surface area contributed by atoms with Crippen molar-refractivity contribution in [1.82, 2.24) is 5.32 Å². The number of thioether (sulfide) groups is 1. The van der Waals surface area contributed by atoms with E-state index in [2.05, 4.69) is 22.8 Å². The fourth-order valence-electron chi connectivity index (χ4n) is 3.43. The van der Waals surface area contributed by atoms with Crippen LogP contribution in [-0.2, 0) is 4.79 Å². The number of carbonyl (C=O) groups excluding carboxylic acids is 1. The van der Waals surface area contributed by atoms with Crippen LogP contribution in [0.4, 0.5) is 10.1 Å². The first-order valence-electron chi connectivity index (χ1n) is 9.30. The van der Waals surface area contributed by atoms with E-state index in [0.717, 1.165) is 17.7 Å². The Bertz CT molecular complexity index is 946. The highest BCUT2D eigenvalue weighted by atomic mass is 32.2. The maximum absolute atomic E-state index is 13.2. The van der Waals surface area contributed by atoms with E-state index in [4.69, 9.17) is 0 Å². The first kappa shape index (κ1) is 18.7. The van der Waals surface area contributed by atoms with Gasteiger partial charge in [-0.05, 0) is 53.6 Å². The zero-order valence-corrected chi connectivity index (χ0v) is 16.1. The third-order valence-corrected chi connectivity index (χ3v) is 5.96. The van der Waals surface area contributed by atoms with Crippen molar-refractivity contribution in [2.75, 3.05) is 11.1 Å². The molecule has 28 heavy (non-hydrogen) atoms. The highest BCUT2D eigenvalue weighted by Gasteiger charge is 2.27. The minimum Gasteiger partial charge on any atom is -0.324 e. The molecule has 0 spiro atoms. The molecule has 0 fully saturated rings. The molecule has 0 radical (unpaired) electrons. The molecule has 5 heteroatoms. The van der Waals surface area contributed by atoms with E-state index in [1.165, 1.54) is 22.6 Å². The van der Waals surface area contributed by atoms with Crippen LogP contribution in [0, 0.1) is 5.82 Å². The summed E-state index contributed by atoms with van der Waals surface area (Å²) < 4.78 is 13.2. The third kappa shape index (κ3) is 4.26. The quantitative estimate of drug-likeness (QED) is 0.616. The maximum atomic E-state index is 13.2. The van der Waals surface area contributed by atoms with Crippen LogP contribution < -0.4 is 10.6 Å². The van der Waals surface area contributed by atoms with Gasteiger partial charge in [-0.3, -0.25) is 10.1 Å². The van der Waals surface area contributed by atoms with Gasteiger partial charge >= 0.3 is 0 Å². The molecule has 1 aliphatic heterocycles. The van der Waals surface area contributed by atoms with Crippen LogP contribution in [-0.4, -0.2) is 11.7 Å². The number of carbonyl (C=O) groups is 1. The van der Waals surface area contributed by atoms with Crippen LogP contribution in [0.2, 0.25) is 0 Å².